The second-order valence-electron chi connectivity index (χ2n) is 6.36. The van der Waals surface area contributed by atoms with Crippen LogP contribution in [0.25, 0.3) is 0 Å². The first-order valence-electron chi connectivity index (χ1n) is 8.01. The van der Waals surface area contributed by atoms with E-state index in [4.69, 9.17) is 21.1 Å². The molecule has 0 N–H and O–H groups in total. The zero-order valence-corrected chi connectivity index (χ0v) is 14.1. The number of hydrogen-bond acceptors (Lipinski definition) is 3. The highest BCUT2D eigenvalue weighted by Gasteiger charge is 2.53. The standard InChI is InChI=1S/C21H13ClO3/c1-12-6-9-18-17(10-12)21(16-8-7-13(22)11-19(16)24-18)15-5-3-2-4-14(15)20(23)25-21/h2-11H,1H3. The molecule has 3 aromatic carbocycles. The molecule has 3 nitrogen and oxygen atoms in total. The summed E-state index contributed by atoms with van der Waals surface area (Å²) in [6, 6.07) is 18.8. The van der Waals surface area contributed by atoms with Crippen LogP contribution in [-0.2, 0) is 10.3 Å². The molecule has 0 radical (unpaired) electrons. The van der Waals surface area contributed by atoms with E-state index in [9.17, 15) is 4.79 Å². The van der Waals surface area contributed by atoms with E-state index in [1.165, 1.54) is 0 Å². The van der Waals surface area contributed by atoms with E-state index in [2.05, 4.69) is 0 Å². The van der Waals surface area contributed by atoms with Gasteiger partial charge in [0.05, 0.1) is 5.56 Å². The Balaban J connectivity index is 1.92. The third kappa shape index (κ3) is 1.84. The molecule has 2 heterocycles. The van der Waals surface area contributed by atoms with Crippen molar-refractivity contribution in [3.63, 3.8) is 0 Å². The van der Waals surface area contributed by atoms with Gasteiger partial charge in [-0.1, -0.05) is 41.4 Å². The van der Waals surface area contributed by atoms with Crippen LogP contribution in [0.3, 0.4) is 0 Å². The van der Waals surface area contributed by atoms with Crippen LogP contribution in [0.5, 0.6) is 11.5 Å². The lowest BCUT2D eigenvalue weighted by Gasteiger charge is -2.36. The summed E-state index contributed by atoms with van der Waals surface area (Å²) in [6.45, 7) is 2.01. The zero-order chi connectivity index (χ0) is 17.2. The fourth-order valence-corrected chi connectivity index (χ4v) is 3.92. The number of rotatable bonds is 0. The minimum absolute atomic E-state index is 0.328. The number of carbonyl (C=O) groups is 1. The number of esters is 1. The fraction of sp³-hybridized carbons (Fsp3) is 0.0952. The molecule has 1 atom stereocenters. The highest BCUT2D eigenvalue weighted by atomic mass is 35.5. The summed E-state index contributed by atoms with van der Waals surface area (Å²) in [5.74, 6) is 0.948. The van der Waals surface area contributed by atoms with Gasteiger partial charge in [0.15, 0.2) is 5.60 Å². The fourth-order valence-electron chi connectivity index (χ4n) is 3.76. The molecule has 4 heteroatoms. The number of aryl methyl sites for hydroxylation is 1. The summed E-state index contributed by atoms with van der Waals surface area (Å²) >= 11 is 6.17. The molecule has 0 saturated heterocycles. The Morgan fingerprint density at radius 3 is 2.60 bits per heavy atom. The van der Waals surface area contributed by atoms with Crippen LogP contribution in [0.15, 0.2) is 60.7 Å². The van der Waals surface area contributed by atoms with Crippen molar-refractivity contribution >= 4 is 17.6 Å². The normalized spacial score (nSPS) is 19.7. The van der Waals surface area contributed by atoms with E-state index in [0.29, 0.717) is 22.1 Å². The van der Waals surface area contributed by atoms with Gasteiger partial charge in [-0.05, 0) is 43.3 Å². The molecule has 2 aliphatic heterocycles. The van der Waals surface area contributed by atoms with Crippen LogP contribution in [0.1, 0.15) is 32.6 Å². The Morgan fingerprint density at radius 2 is 1.72 bits per heavy atom. The van der Waals surface area contributed by atoms with Gasteiger partial charge in [0.25, 0.3) is 0 Å². The first-order chi connectivity index (χ1) is 12.1. The number of ether oxygens (including phenoxy) is 2. The Kier molecular flexibility index (Phi) is 2.83. The van der Waals surface area contributed by atoms with Crippen molar-refractivity contribution in [1.29, 1.82) is 0 Å². The molecule has 3 aromatic rings. The molecule has 0 aliphatic carbocycles. The Bertz CT molecular complexity index is 1060. The topological polar surface area (TPSA) is 35.5 Å². The lowest BCUT2D eigenvalue weighted by molar-refractivity contribution is 0.0224. The summed E-state index contributed by atoms with van der Waals surface area (Å²) in [5, 5.41) is 0.571. The first kappa shape index (κ1) is 14.6. The Labute approximate surface area is 149 Å². The van der Waals surface area contributed by atoms with Crippen molar-refractivity contribution in [2.45, 2.75) is 12.5 Å². The summed E-state index contributed by atoms with van der Waals surface area (Å²) in [6.07, 6.45) is 0. The van der Waals surface area contributed by atoms with Crippen LogP contribution in [0.4, 0.5) is 0 Å². The Morgan fingerprint density at radius 1 is 0.880 bits per heavy atom. The maximum atomic E-state index is 12.6. The van der Waals surface area contributed by atoms with Crippen molar-refractivity contribution in [3.05, 3.63) is 93.5 Å². The number of hydrogen-bond donors (Lipinski definition) is 0. The van der Waals surface area contributed by atoms with E-state index >= 15 is 0 Å². The van der Waals surface area contributed by atoms with Gasteiger partial charge < -0.3 is 9.47 Å². The average Bonchev–Trinajstić information content (AvgIpc) is 2.90. The molecule has 2 aliphatic rings. The summed E-state index contributed by atoms with van der Waals surface area (Å²) in [5.41, 5.74) is 3.10. The van der Waals surface area contributed by atoms with Gasteiger partial charge in [-0.3, -0.25) is 0 Å². The van der Waals surface area contributed by atoms with Crippen molar-refractivity contribution < 1.29 is 14.3 Å². The van der Waals surface area contributed by atoms with E-state index in [1.54, 1.807) is 18.2 Å². The van der Waals surface area contributed by atoms with Crippen LogP contribution >= 0.6 is 11.6 Å². The van der Waals surface area contributed by atoms with E-state index in [1.807, 2.05) is 49.4 Å². The average molecular weight is 349 g/mol. The molecular weight excluding hydrogens is 336 g/mol. The van der Waals surface area contributed by atoms with Crippen LogP contribution in [0.2, 0.25) is 5.02 Å². The van der Waals surface area contributed by atoms with Gasteiger partial charge >= 0.3 is 5.97 Å². The summed E-state index contributed by atoms with van der Waals surface area (Å²) < 4.78 is 12.1. The summed E-state index contributed by atoms with van der Waals surface area (Å²) in [4.78, 5) is 12.6. The summed E-state index contributed by atoms with van der Waals surface area (Å²) in [7, 11) is 0. The molecule has 0 bridgehead atoms. The van der Waals surface area contributed by atoms with Crippen molar-refractivity contribution in [1.82, 2.24) is 0 Å². The minimum Gasteiger partial charge on any atom is -0.456 e. The number of benzene rings is 3. The molecular formula is C21H13ClO3. The SMILES string of the molecule is Cc1ccc2c(c1)C1(OC(=O)c3ccccc31)c1ccc(Cl)cc1O2. The van der Waals surface area contributed by atoms with E-state index < -0.39 is 5.60 Å². The zero-order valence-electron chi connectivity index (χ0n) is 13.4. The highest BCUT2D eigenvalue weighted by Crippen LogP contribution is 2.56. The molecule has 1 unspecified atom stereocenters. The van der Waals surface area contributed by atoms with Gasteiger partial charge in [-0.2, -0.15) is 0 Å². The third-order valence-corrected chi connectivity index (χ3v) is 5.06. The molecule has 0 amide bonds. The van der Waals surface area contributed by atoms with Gasteiger partial charge in [0, 0.05) is 21.7 Å². The molecule has 0 saturated carbocycles. The van der Waals surface area contributed by atoms with E-state index in [-0.39, 0.29) is 5.97 Å². The molecule has 1 spiro atoms. The molecule has 0 aromatic heterocycles. The third-order valence-electron chi connectivity index (χ3n) is 4.83. The monoisotopic (exact) mass is 348 g/mol. The van der Waals surface area contributed by atoms with E-state index in [0.717, 1.165) is 22.3 Å². The highest BCUT2D eigenvalue weighted by molar-refractivity contribution is 6.30. The number of fused-ring (bicyclic) bond motifs is 6. The molecule has 122 valence electrons. The van der Waals surface area contributed by atoms with Gasteiger partial charge in [0.2, 0.25) is 0 Å². The van der Waals surface area contributed by atoms with Gasteiger partial charge in [0.1, 0.15) is 11.5 Å². The molecule has 5 rings (SSSR count). The maximum Gasteiger partial charge on any atom is 0.340 e. The smallest absolute Gasteiger partial charge is 0.340 e. The van der Waals surface area contributed by atoms with Crippen molar-refractivity contribution in [2.75, 3.05) is 0 Å². The van der Waals surface area contributed by atoms with Crippen LogP contribution in [-0.4, -0.2) is 5.97 Å². The predicted molar refractivity (Wildman–Crippen MR) is 94.4 cm³/mol. The maximum absolute atomic E-state index is 12.6. The molecule has 0 fully saturated rings. The number of halogens is 1. The largest absolute Gasteiger partial charge is 0.456 e. The second-order valence-corrected chi connectivity index (χ2v) is 6.79. The molecule has 25 heavy (non-hydrogen) atoms. The first-order valence-corrected chi connectivity index (χ1v) is 8.39. The van der Waals surface area contributed by atoms with Gasteiger partial charge in [-0.25, -0.2) is 4.79 Å². The lowest BCUT2D eigenvalue weighted by atomic mass is 9.77. The Hall–Kier alpha value is -2.78. The van der Waals surface area contributed by atoms with Crippen molar-refractivity contribution in [3.8, 4) is 11.5 Å². The quantitative estimate of drug-likeness (QED) is 0.523. The second kappa shape index (κ2) is 4.87. The number of carbonyl (C=O) groups excluding carboxylic acids is 1. The van der Waals surface area contributed by atoms with Crippen LogP contribution in [0, 0.1) is 6.92 Å². The van der Waals surface area contributed by atoms with Gasteiger partial charge in [-0.15, -0.1) is 0 Å². The predicted octanol–water partition coefficient (Wildman–Crippen LogP) is 5.22. The van der Waals surface area contributed by atoms with Crippen molar-refractivity contribution in [2.24, 2.45) is 0 Å². The lowest BCUT2D eigenvalue weighted by Crippen LogP contribution is -2.33. The van der Waals surface area contributed by atoms with Crippen LogP contribution < -0.4 is 4.74 Å². The minimum atomic E-state index is -1.01.